The predicted octanol–water partition coefficient (Wildman–Crippen LogP) is 1.47. The molecule has 1 aromatic rings. The van der Waals surface area contributed by atoms with Crippen molar-refractivity contribution in [1.29, 1.82) is 0 Å². The molecule has 1 aliphatic rings. The summed E-state index contributed by atoms with van der Waals surface area (Å²) in [6, 6.07) is 7.58. The molecule has 0 aromatic heterocycles. The zero-order chi connectivity index (χ0) is 13.0. The van der Waals surface area contributed by atoms with E-state index < -0.39 is 6.10 Å². The Morgan fingerprint density at radius 3 is 2.67 bits per heavy atom. The van der Waals surface area contributed by atoms with Gasteiger partial charge < -0.3 is 14.6 Å². The fourth-order valence-electron chi connectivity index (χ4n) is 1.78. The third-order valence-corrected chi connectivity index (χ3v) is 2.88. The first kappa shape index (κ1) is 12.8. The molecule has 0 saturated carbocycles. The van der Waals surface area contributed by atoms with Crippen molar-refractivity contribution in [2.24, 2.45) is 0 Å². The minimum absolute atomic E-state index is 0.209. The molecule has 1 aliphatic carbocycles. The summed E-state index contributed by atoms with van der Waals surface area (Å²) >= 11 is 0. The van der Waals surface area contributed by atoms with Gasteiger partial charge in [0.1, 0.15) is 11.9 Å². The summed E-state index contributed by atoms with van der Waals surface area (Å²) in [5.74, 6) is 0.552. The van der Waals surface area contributed by atoms with Crippen LogP contribution in [0.5, 0.6) is 5.75 Å². The van der Waals surface area contributed by atoms with Crippen molar-refractivity contribution in [1.82, 2.24) is 0 Å². The molecule has 2 rings (SSSR count). The van der Waals surface area contributed by atoms with E-state index in [1.807, 2.05) is 24.3 Å². The lowest BCUT2D eigenvalue weighted by Gasteiger charge is -2.20. The van der Waals surface area contributed by atoms with E-state index in [1.165, 1.54) is 6.08 Å². The molecule has 1 N–H and O–H groups in total. The zero-order valence-corrected chi connectivity index (χ0v) is 10.2. The van der Waals surface area contributed by atoms with Gasteiger partial charge in [0.15, 0.2) is 5.78 Å². The molecule has 4 heteroatoms. The van der Waals surface area contributed by atoms with Crippen LogP contribution in [0.25, 0.3) is 0 Å². The van der Waals surface area contributed by atoms with Crippen LogP contribution in [0.3, 0.4) is 0 Å². The molecular formula is C14H16O4. The number of carbonyl (C=O) groups excluding carboxylic acids is 1. The molecule has 2 atom stereocenters. The van der Waals surface area contributed by atoms with E-state index >= 15 is 0 Å². The van der Waals surface area contributed by atoms with Crippen LogP contribution in [0.1, 0.15) is 12.0 Å². The summed E-state index contributed by atoms with van der Waals surface area (Å²) in [6.45, 7) is 0.444. The minimum Gasteiger partial charge on any atom is -0.497 e. The van der Waals surface area contributed by atoms with Gasteiger partial charge in [-0.2, -0.15) is 0 Å². The standard InChI is InChI=1S/C14H16O4/c1-17-11-4-2-10(3-5-11)9-18-12-6-7-13(15)14(16)8-12/h2-7,12,14,16H,8-9H2,1H3/t12-,14-/m1/s1. The summed E-state index contributed by atoms with van der Waals surface area (Å²) in [7, 11) is 1.62. The summed E-state index contributed by atoms with van der Waals surface area (Å²) in [5, 5.41) is 9.42. The van der Waals surface area contributed by atoms with Crippen LogP contribution >= 0.6 is 0 Å². The van der Waals surface area contributed by atoms with Gasteiger partial charge in [-0.15, -0.1) is 0 Å². The average Bonchev–Trinajstić information content (AvgIpc) is 2.41. The highest BCUT2D eigenvalue weighted by molar-refractivity contribution is 5.94. The van der Waals surface area contributed by atoms with Gasteiger partial charge in [0, 0.05) is 6.42 Å². The van der Waals surface area contributed by atoms with Crippen molar-refractivity contribution in [2.75, 3.05) is 7.11 Å². The van der Waals surface area contributed by atoms with E-state index in [0.717, 1.165) is 11.3 Å². The van der Waals surface area contributed by atoms with Crippen LogP contribution in [0.4, 0.5) is 0 Å². The molecule has 0 saturated heterocycles. The van der Waals surface area contributed by atoms with E-state index in [1.54, 1.807) is 13.2 Å². The molecule has 0 unspecified atom stereocenters. The monoisotopic (exact) mass is 248 g/mol. The van der Waals surface area contributed by atoms with Gasteiger partial charge >= 0.3 is 0 Å². The molecular weight excluding hydrogens is 232 g/mol. The smallest absolute Gasteiger partial charge is 0.183 e. The maximum absolute atomic E-state index is 11.1. The van der Waals surface area contributed by atoms with Gasteiger partial charge in [-0.25, -0.2) is 0 Å². The lowest BCUT2D eigenvalue weighted by Crippen LogP contribution is -2.29. The Hall–Kier alpha value is -1.65. The third-order valence-electron chi connectivity index (χ3n) is 2.88. The van der Waals surface area contributed by atoms with Crippen LogP contribution in [-0.2, 0) is 16.1 Å². The fourth-order valence-corrected chi connectivity index (χ4v) is 1.78. The Labute approximate surface area is 106 Å². The Bertz CT molecular complexity index is 436. The molecule has 0 radical (unpaired) electrons. The SMILES string of the molecule is COc1ccc(CO[C@@H]2C=CC(=O)[C@H](O)C2)cc1. The molecule has 0 amide bonds. The Morgan fingerprint density at radius 1 is 1.33 bits per heavy atom. The van der Waals surface area contributed by atoms with Gasteiger partial charge in [0.2, 0.25) is 0 Å². The van der Waals surface area contributed by atoms with E-state index in [9.17, 15) is 9.90 Å². The highest BCUT2D eigenvalue weighted by Crippen LogP contribution is 2.16. The molecule has 4 nitrogen and oxygen atoms in total. The minimum atomic E-state index is -0.934. The van der Waals surface area contributed by atoms with Crippen LogP contribution < -0.4 is 4.74 Å². The molecule has 0 fully saturated rings. The number of ketones is 1. The number of aliphatic hydroxyl groups excluding tert-OH is 1. The fraction of sp³-hybridized carbons (Fsp3) is 0.357. The lowest BCUT2D eigenvalue weighted by molar-refractivity contribution is -0.125. The zero-order valence-electron chi connectivity index (χ0n) is 10.2. The third kappa shape index (κ3) is 3.18. The second kappa shape index (κ2) is 5.80. The molecule has 18 heavy (non-hydrogen) atoms. The first-order valence-corrected chi connectivity index (χ1v) is 5.83. The lowest BCUT2D eigenvalue weighted by atomic mass is 10.0. The highest BCUT2D eigenvalue weighted by atomic mass is 16.5. The Morgan fingerprint density at radius 2 is 2.06 bits per heavy atom. The number of ether oxygens (including phenoxy) is 2. The van der Waals surface area contributed by atoms with E-state index in [4.69, 9.17) is 9.47 Å². The van der Waals surface area contributed by atoms with Crippen molar-refractivity contribution in [3.8, 4) is 5.75 Å². The summed E-state index contributed by atoms with van der Waals surface area (Å²) in [6.07, 6.45) is 2.26. The van der Waals surface area contributed by atoms with Gasteiger partial charge in [-0.3, -0.25) is 4.79 Å². The number of carbonyl (C=O) groups is 1. The Kier molecular flexibility index (Phi) is 4.12. The van der Waals surface area contributed by atoms with E-state index in [-0.39, 0.29) is 11.9 Å². The first-order chi connectivity index (χ1) is 8.69. The van der Waals surface area contributed by atoms with Crippen molar-refractivity contribution in [3.63, 3.8) is 0 Å². The molecule has 0 bridgehead atoms. The quantitative estimate of drug-likeness (QED) is 0.876. The Balaban J connectivity index is 1.87. The number of hydrogen-bond acceptors (Lipinski definition) is 4. The van der Waals surface area contributed by atoms with Gasteiger partial charge in [0.05, 0.1) is 19.8 Å². The van der Waals surface area contributed by atoms with E-state index in [0.29, 0.717) is 13.0 Å². The highest BCUT2D eigenvalue weighted by Gasteiger charge is 2.22. The number of methoxy groups -OCH3 is 1. The number of benzene rings is 1. The maximum atomic E-state index is 11.1. The van der Waals surface area contributed by atoms with Crippen molar-refractivity contribution in [3.05, 3.63) is 42.0 Å². The van der Waals surface area contributed by atoms with Gasteiger partial charge in [-0.1, -0.05) is 18.2 Å². The second-order valence-corrected chi connectivity index (χ2v) is 4.21. The summed E-state index contributed by atoms with van der Waals surface area (Å²) in [5.41, 5.74) is 1.02. The number of aliphatic hydroxyl groups is 1. The van der Waals surface area contributed by atoms with Crippen LogP contribution in [0.2, 0.25) is 0 Å². The van der Waals surface area contributed by atoms with Crippen molar-refractivity contribution >= 4 is 5.78 Å². The molecule has 96 valence electrons. The van der Waals surface area contributed by atoms with Crippen LogP contribution in [-0.4, -0.2) is 30.2 Å². The molecule has 0 heterocycles. The summed E-state index contributed by atoms with van der Waals surface area (Å²) < 4.78 is 10.7. The molecule has 0 spiro atoms. The van der Waals surface area contributed by atoms with Crippen LogP contribution in [0.15, 0.2) is 36.4 Å². The number of hydrogen-bond donors (Lipinski definition) is 1. The van der Waals surface area contributed by atoms with Crippen molar-refractivity contribution in [2.45, 2.75) is 25.2 Å². The predicted molar refractivity (Wildman–Crippen MR) is 66.3 cm³/mol. The summed E-state index contributed by atoms with van der Waals surface area (Å²) in [4.78, 5) is 11.1. The van der Waals surface area contributed by atoms with Gasteiger partial charge in [0.25, 0.3) is 0 Å². The first-order valence-electron chi connectivity index (χ1n) is 5.83. The molecule has 1 aromatic carbocycles. The van der Waals surface area contributed by atoms with Gasteiger partial charge in [-0.05, 0) is 23.8 Å². The average molecular weight is 248 g/mol. The normalized spacial score (nSPS) is 23.1. The number of rotatable bonds is 4. The topological polar surface area (TPSA) is 55.8 Å². The van der Waals surface area contributed by atoms with Crippen molar-refractivity contribution < 1.29 is 19.4 Å². The second-order valence-electron chi connectivity index (χ2n) is 4.21. The molecule has 0 aliphatic heterocycles. The van der Waals surface area contributed by atoms with E-state index in [2.05, 4.69) is 0 Å². The van der Waals surface area contributed by atoms with Crippen LogP contribution in [0, 0.1) is 0 Å². The maximum Gasteiger partial charge on any atom is 0.183 e. The largest absolute Gasteiger partial charge is 0.497 e.